The topological polar surface area (TPSA) is 38.9 Å². The molecule has 0 fully saturated rings. The molecule has 2 N–H and O–H groups in total. The van der Waals surface area contributed by atoms with Crippen LogP contribution in [0.3, 0.4) is 0 Å². The molecule has 1 heterocycles. The van der Waals surface area contributed by atoms with Crippen LogP contribution in [0, 0.1) is 13.8 Å². The molecule has 0 aliphatic heterocycles. The monoisotopic (exact) mass is 294 g/mol. The Bertz CT molecular complexity index is 757. The second-order valence-electron chi connectivity index (χ2n) is 5.24. The molecule has 0 aliphatic rings. The molecule has 0 spiro atoms. The Morgan fingerprint density at radius 2 is 1.67 bits per heavy atom. The van der Waals surface area contributed by atoms with E-state index < -0.39 is 0 Å². The molecule has 0 unspecified atom stereocenters. The molecule has 1 aromatic heterocycles. The fraction of sp³-hybridized carbons (Fsp3) is 0.167. The summed E-state index contributed by atoms with van der Waals surface area (Å²) in [4.78, 5) is 4.76. The van der Waals surface area contributed by atoms with Gasteiger partial charge in [-0.1, -0.05) is 36.4 Å². The van der Waals surface area contributed by atoms with Gasteiger partial charge in [0.25, 0.3) is 0 Å². The summed E-state index contributed by atoms with van der Waals surface area (Å²) in [5.74, 6) is 0. The summed E-state index contributed by atoms with van der Waals surface area (Å²) < 4.78 is 0. The molecule has 0 atom stereocenters. The van der Waals surface area contributed by atoms with Gasteiger partial charge in [0.2, 0.25) is 0 Å². The van der Waals surface area contributed by atoms with E-state index >= 15 is 0 Å². The number of aromatic nitrogens is 1. The standard InChI is InChI=1S/C18H18N2S/c1-12-3-6-16(9-13(12)2)17-11-21-18(20-17)15-7-4-14(10-19)5-8-15/h3-9,11H,10,19H2,1-2H3. The summed E-state index contributed by atoms with van der Waals surface area (Å²) in [6.07, 6.45) is 0. The van der Waals surface area contributed by atoms with Crippen molar-refractivity contribution in [3.8, 4) is 21.8 Å². The van der Waals surface area contributed by atoms with Crippen molar-refractivity contribution >= 4 is 11.3 Å². The van der Waals surface area contributed by atoms with Gasteiger partial charge in [-0.15, -0.1) is 11.3 Å². The van der Waals surface area contributed by atoms with Crippen molar-refractivity contribution in [2.75, 3.05) is 0 Å². The van der Waals surface area contributed by atoms with Crippen molar-refractivity contribution in [3.05, 3.63) is 64.5 Å². The summed E-state index contributed by atoms with van der Waals surface area (Å²) in [6, 6.07) is 14.8. The molecule has 0 amide bonds. The highest BCUT2D eigenvalue weighted by molar-refractivity contribution is 7.13. The largest absolute Gasteiger partial charge is 0.326 e. The first-order valence-electron chi connectivity index (χ1n) is 7.00. The van der Waals surface area contributed by atoms with Crippen molar-refractivity contribution in [2.45, 2.75) is 20.4 Å². The van der Waals surface area contributed by atoms with E-state index in [2.05, 4.69) is 61.7 Å². The number of benzene rings is 2. The second-order valence-corrected chi connectivity index (χ2v) is 6.10. The molecule has 3 heteroatoms. The highest BCUT2D eigenvalue weighted by atomic mass is 32.1. The molecule has 3 aromatic rings. The van der Waals surface area contributed by atoms with Crippen LogP contribution in [0.4, 0.5) is 0 Å². The van der Waals surface area contributed by atoms with Gasteiger partial charge < -0.3 is 5.73 Å². The first kappa shape index (κ1) is 14.0. The Morgan fingerprint density at radius 1 is 0.952 bits per heavy atom. The van der Waals surface area contributed by atoms with Crippen LogP contribution in [-0.4, -0.2) is 4.98 Å². The average molecular weight is 294 g/mol. The normalized spacial score (nSPS) is 10.8. The smallest absolute Gasteiger partial charge is 0.124 e. The van der Waals surface area contributed by atoms with Gasteiger partial charge >= 0.3 is 0 Å². The predicted molar refractivity (Wildman–Crippen MR) is 90.4 cm³/mol. The third kappa shape index (κ3) is 2.89. The van der Waals surface area contributed by atoms with E-state index in [1.165, 1.54) is 16.7 Å². The van der Waals surface area contributed by atoms with Crippen LogP contribution in [-0.2, 0) is 6.54 Å². The number of nitrogens with zero attached hydrogens (tertiary/aromatic N) is 1. The maximum absolute atomic E-state index is 5.63. The Balaban J connectivity index is 1.93. The van der Waals surface area contributed by atoms with Gasteiger partial charge in [0.15, 0.2) is 0 Å². The third-order valence-electron chi connectivity index (χ3n) is 3.74. The molecule has 21 heavy (non-hydrogen) atoms. The van der Waals surface area contributed by atoms with Crippen LogP contribution in [0.15, 0.2) is 47.8 Å². The third-order valence-corrected chi connectivity index (χ3v) is 4.63. The van der Waals surface area contributed by atoms with Crippen molar-refractivity contribution in [2.24, 2.45) is 5.73 Å². The van der Waals surface area contributed by atoms with Gasteiger partial charge in [0, 0.05) is 23.1 Å². The molecule has 0 bridgehead atoms. The molecule has 0 saturated carbocycles. The number of thiazole rings is 1. The first-order valence-corrected chi connectivity index (χ1v) is 7.88. The van der Waals surface area contributed by atoms with E-state index in [4.69, 9.17) is 10.7 Å². The molecule has 0 aliphatic carbocycles. The van der Waals surface area contributed by atoms with Gasteiger partial charge in [-0.05, 0) is 36.6 Å². The van der Waals surface area contributed by atoms with Gasteiger partial charge in [-0.2, -0.15) is 0 Å². The molecule has 106 valence electrons. The molecule has 0 saturated heterocycles. The Kier molecular flexibility index (Phi) is 3.86. The lowest BCUT2D eigenvalue weighted by atomic mass is 10.1. The maximum atomic E-state index is 5.63. The van der Waals surface area contributed by atoms with Crippen molar-refractivity contribution in [1.29, 1.82) is 0 Å². The van der Waals surface area contributed by atoms with Crippen LogP contribution in [0.5, 0.6) is 0 Å². The molecule has 0 radical (unpaired) electrons. The van der Waals surface area contributed by atoms with E-state index in [-0.39, 0.29) is 0 Å². The van der Waals surface area contributed by atoms with Crippen LogP contribution >= 0.6 is 11.3 Å². The van der Waals surface area contributed by atoms with Crippen molar-refractivity contribution in [3.63, 3.8) is 0 Å². The fourth-order valence-corrected chi connectivity index (χ4v) is 3.06. The van der Waals surface area contributed by atoms with Crippen molar-refractivity contribution < 1.29 is 0 Å². The van der Waals surface area contributed by atoms with E-state index in [1.807, 2.05) is 0 Å². The number of aryl methyl sites for hydroxylation is 2. The lowest BCUT2D eigenvalue weighted by Crippen LogP contribution is -1.95. The summed E-state index contributed by atoms with van der Waals surface area (Å²) in [5.41, 5.74) is 12.8. The lowest BCUT2D eigenvalue weighted by molar-refractivity contribution is 1.07. The second kappa shape index (κ2) is 5.80. The number of rotatable bonds is 3. The zero-order chi connectivity index (χ0) is 14.8. The first-order chi connectivity index (χ1) is 10.2. The van der Waals surface area contributed by atoms with Crippen molar-refractivity contribution in [1.82, 2.24) is 4.98 Å². The summed E-state index contributed by atoms with van der Waals surface area (Å²) >= 11 is 1.68. The van der Waals surface area contributed by atoms with Gasteiger partial charge in [0.05, 0.1) is 5.69 Å². The summed E-state index contributed by atoms with van der Waals surface area (Å²) in [7, 11) is 0. The van der Waals surface area contributed by atoms with Crippen LogP contribution in [0.1, 0.15) is 16.7 Å². The Hall–Kier alpha value is -1.97. The highest BCUT2D eigenvalue weighted by Gasteiger charge is 2.07. The van der Waals surface area contributed by atoms with Crippen LogP contribution in [0.25, 0.3) is 21.8 Å². The molecule has 3 rings (SSSR count). The predicted octanol–water partition coefficient (Wildman–Crippen LogP) is 4.55. The Morgan fingerprint density at radius 3 is 2.33 bits per heavy atom. The minimum Gasteiger partial charge on any atom is -0.326 e. The van der Waals surface area contributed by atoms with E-state index in [1.54, 1.807) is 11.3 Å². The quantitative estimate of drug-likeness (QED) is 0.769. The zero-order valence-electron chi connectivity index (χ0n) is 12.3. The van der Waals surface area contributed by atoms with Gasteiger partial charge in [-0.25, -0.2) is 4.98 Å². The minimum atomic E-state index is 0.575. The molecular weight excluding hydrogens is 276 g/mol. The highest BCUT2D eigenvalue weighted by Crippen LogP contribution is 2.29. The van der Waals surface area contributed by atoms with Crippen LogP contribution in [0.2, 0.25) is 0 Å². The summed E-state index contributed by atoms with van der Waals surface area (Å²) in [6.45, 7) is 4.84. The number of hydrogen-bond acceptors (Lipinski definition) is 3. The van der Waals surface area contributed by atoms with E-state index in [0.717, 1.165) is 21.8 Å². The zero-order valence-corrected chi connectivity index (χ0v) is 13.1. The minimum absolute atomic E-state index is 0.575. The van der Waals surface area contributed by atoms with Crippen LogP contribution < -0.4 is 5.73 Å². The Labute approximate surface area is 129 Å². The van der Waals surface area contributed by atoms with Gasteiger partial charge in [-0.3, -0.25) is 0 Å². The summed E-state index contributed by atoms with van der Waals surface area (Å²) in [5, 5.41) is 3.17. The van der Waals surface area contributed by atoms with E-state index in [0.29, 0.717) is 6.54 Å². The van der Waals surface area contributed by atoms with E-state index in [9.17, 15) is 0 Å². The lowest BCUT2D eigenvalue weighted by Gasteiger charge is -2.02. The molecule has 2 aromatic carbocycles. The SMILES string of the molecule is Cc1ccc(-c2csc(-c3ccc(CN)cc3)n2)cc1C. The maximum Gasteiger partial charge on any atom is 0.124 e. The fourth-order valence-electron chi connectivity index (χ4n) is 2.22. The average Bonchev–Trinajstić information content (AvgIpc) is 3.00. The van der Waals surface area contributed by atoms with Gasteiger partial charge in [0.1, 0.15) is 5.01 Å². The number of hydrogen-bond donors (Lipinski definition) is 1. The molecular formula is C18H18N2S. The molecule has 2 nitrogen and oxygen atoms in total. The number of nitrogens with two attached hydrogens (primary N) is 1.